The largest absolute Gasteiger partial charge is 0.381 e. The van der Waals surface area contributed by atoms with Crippen molar-refractivity contribution < 1.29 is 4.74 Å². The van der Waals surface area contributed by atoms with Crippen LogP contribution in [0, 0.1) is 6.92 Å². The second-order valence-electron chi connectivity index (χ2n) is 7.54. The van der Waals surface area contributed by atoms with E-state index in [-0.39, 0.29) is 0 Å². The molecule has 0 spiro atoms. The summed E-state index contributed by atoms with van der Waals surface area (Å²) in [6, 6.07) is 10.4. The molecule has 30 heavy (non-hydrogen) atoms. The number of nitrogens with zero attached hydrogens (tertiary/aromatic N) is 6. The second kappa shape index (κ2) is 8.16. The molecule has 1 saturated heterocycles. The Kier molecular flexibility index (Phi) is 5.06. The van der Waals surface area contributed by atoms with Gasteiger partial charge in [0.2, 0.25) is 5.95 Å². The smallest absolute Gasteiger partial charge is 0.223 e. The van der Waals surface area contributed by atoms with Gasteiger partial charge in [-0.3, -0.25) is 9.38 Å². The van der Waals surface area contributed by atoms with Crippen LogP contribution in [-0.2, 0) is 11.2 Å². The van der Waals surface area contributed by atoms with Crippen LogP contribution in [0.5, 0.6) is 0 Å². The van der Waals surface area contributed by atoms with Gasteiger partial charge in [0.1, 0.15) is 5.82 Å². The molecule has 1 N–H and O–H groups in total. The van der Waals surface area contributed by atoms with Gasteiger partial charge in [-0.05, 0) is 49.6 Å². The predicted molar refractivity (Wildman–Crippen MR) is 113 cm³/mol. The topological polar surface area (TPSA) is 90.1 Å². The monoisotopic (exact) mass is 401 g/mol. The molecule has 0 saturated carbocycles. The maximum atomic E-state index is 5.42. The molecule has 5 rings (SSSR count). The maximum absolute atomic E-state index is 5.42. The summed E-state index contributed by atoms with van der Waals surface area (Å²) in [5.74, 6) is 1.53. The summed E-state index contributed by atoms with van der Waals surface area (Å²) in [6.45, 7) is 3.54. The van der Waals surface area contributed by atoms with Crippen molar-refractivity contribution in [2.24, 2.45) is 0 Å². The molecular formula is C22H23N7O. The van der Waals surface area contributed by atoms with E-state index < -0.39 is 0 Å². The van der Waals surface area contributed by atoms with Crippen molar-refractivity contribution in [2.75, 3.05) is 18.5 Å². The minimum absolute atomic E-state index is 0.354. The molecule has 0 atom stereocenters. The first-order chi connectivity index (χ1) is 14.7. The first kappa shape index (κ1) is 18.6. The Balaban J connectivity index is 1.37. The molecule has 0 bridgehead atoms. The fraction of sp³-hybridized carbons (Fsp3) is 0.318. The van der Waals surface area contributed by atoms with E-state index in [9.17, 15) is 0 Å². The van der Waals surface area contributed by atoms with Gasteiger partial charge in [0.25, 0.3) is 0 Å². The van der Waals surface area contributed by atoms with Crippen LogP contribution >= 0.6 is 0 Å². The van der Waals surface area contributed by atoms with Gasteiger partial charge in [-0.15, -0.1) is 10.2 Å². The average Bonchev–Trinajstić information content (AvgIpc) is 3.18. The number of anilines is 1. The Morgan fingerprint density at radius 1 is 1.10 bits per heavy atom. The summed E-state index contributed by atoms with van der Waals surface area (Å²) in [4.78, 5) is 13.4. The van der Waals surface area contributed by atoms with Gasteiger partial charge < -0.3 is 10.1 Å². The summed E-state index contributed by atoms with van der Waals surface area (Å²) < 4.78 is 7.42. The van der Waals surface area contributed by atoms with E-state index in [1.54, 1.807) is 6.20 Å². The van der Waals surface area contributed by atoms with Crippen molar-refractivity contribution in [3.05, 3.63) is 66.0 Å². The number of aromatic nitrogens is 6. The highest BCUT2D eigenvalue weighted by molar-refractivity contribution is 5.64. The Hall–Kier alpha value is -3.39. The number of ether oxygens (including phenoxy) is 1. The van der Waals surface area contributed by atoms with Gasteiger partial charge in [0.05, 0.1) is 5.69 Å². The first-order valence-corrected chi connectivity index (χ1v) is 10.2. The molecule has 0 amide bonds. The zero-order chi connectivity index (χ0) is 20.3. The molecule has 0 radical (unpaired) electrons. The van der Waals surface area contributed by atoms with Crippen LogP contribution in [0.1, 0.15) is 29.9 Å². The Bertz CT molecular complexity index is 1150. The zero-order valence-electron chi connectivity index (χ0n) is 16.8. The summed E-state index contributed by atoms with van der Waals surface area (Å²) in [6.07, 6.45) is 8.29. The van der Waals surface area contributed by atoms with Crippen LogP contribution in [0.15, 0.2) is 48.9 Å². The van der Waals surface area contributed by atoms with Crippen LogP contribution in [-0.4, -0.2) is 48.8 Å². The van der Waals surface area contributed by atoms with Crippen LogP contribution in [0.3, 0.4) is 0 Å². The highest BCUT2D eigenvalue weighted by Crippen LogP contribution is 2.21. The van der Waals surface area contributed by atoms with E-state index in [2.05, 4.69) is 31.5 Å². The standard InChI is InChI=1S/C22H23N7O/c1-15-2-3-16(14-24-15)12-20-27-28-21-13-17(5-9-29(20)21)19-4-8-23-22(26-19)25-18-6-10-30-11-7-18/h2-5,8-9,13-14,18H,6-7,10-12H2,1H3,(H,23,25,26). The van der Waals surface area contributed by atoms with Gasteiger partial charge >= 0.3 is 0 Å². The fourth-order valence-electron chi connectivity index (χ4n) is 3.62. The number of nitrogens with one attached hydrogen (secondary N) is 1. The Morgan fingerprint density at radius 2 is 2.00 bits per heavy atom. The minimum atomic E-state index is 0.354. The van der Waals surface area contributed by atoms with Crippen LogP contribution in [0.2, 0.25) is 0 Å². The summed E-state index contributed by atoms with van der Waals surface area (Å²) in [5.41, 5.74) is 4.74. The van der Waals surface area contributed by atoms with Crippen LogP contribution in [0.25, 0.3) is 16.9 Å². The molecule has 4 aromatic rings. The first-order valence-electron chi connectivity index (χ1n) is 10.2. The highest BCUT2D eigenvalue weighted by Gasteiger charge is 2.15. The molecule has 1 fully saturated rings. The second-order valence-corrected chi connectivity index (χ2v) is 7.54. The van der Waals surface area contributed by atoms with Crippen molar-refractivity contribution in [3.63, 3.8) is 0 Å². The maximum Gasteiger partial charge on any atom is 0.223 e. The minimum Gasteiger partial charge on any atom is -0.381 e. The van der Waals surface area contributed by atoms with Crippen molar-refractivity contribution in [1.29, 1.82) is 0 Å². The van der Waals surface area contributed by atoms with Gasteiger partial charge in [0, 0.05) is 55.5 Å². The molecule has 5 heterocycles. The number of pyridine rings is 2. The molecule has 1 aliphatic rings. The zero-order valence-corrected chi connectivity index (χ0v) is 16.8. The van der Waals surface area contributed by atoms with Gasteiger partial charge in [-0.1, -0.05) is 6.07 Å². The number of aryl methyl sites for hydroxylation is 1. The summed E-state index contributed by atoms with van der Waals surface area (Å²) in [5, 5.41) is 12.1. The number of hydrogen-bond acceptors (Lipinski definition) is 7. The molecule has 8 nitrogen and oxygen atoms in total. The van der Waals surface area contributed by atoms with E-state index in [0.717, 1.165) is 60.0 Å². The third-order valence-electron chi connectivity index (χ3n) is 5.32. The number of rotatable bonds is 5. The summed E-state index contributed by atoms with van der Waals surface area (Å²) >= 11 is 0. The lowest BCUT2D eigenvalue weighted by Crippen LogP contribution is -2.28. The Morgan fingerprint density at radius 3 is 2.83 bits per heavy atom. The molecule has 0 aliphatic carbocycles. The van der Waals surface area contributed by atoms with Gasteiger partial charge in [-0.2, -0.15) is 0 Å². The molecule has 152 valence electrons. The van der Waals surface area contributed by atoms with Crippen molar-refractivity contribution >= 4 is 11.6 Å². The third kappa shape index (κ3) is 3.99. The summed E-state index contributed by atoms with van der Waals surface area (Å²) in [7, 11) is 0. The highest BCUT2D eigenvalue weighted by atomic mass is 16.5. The van der Waals surface area contributed by atoms with Crippen LogP contribution in [0.4, 0.5) is 5.95 Å². The predicted octanol–water partition coefficient (Wildman–Crippen LogP) is 3.07. The molecule has 8 heteroatoms. The van der Waals surface area contributed by atoms with E-state index in [1.165, 1.54) is 0 Å². The SMILES string of the molecule is Cc1ccc(Cc2nnc3cc(-c4ccnc(NC5CCOCC5)n4)ccn23)cn1. The van der Waals surface area contributed by atoms with E-state index in [1.807, 2.05) is 48.0 Å². The lowest BCUT2D eigenvalue weighted by Gasteiger charge is -2.23. The average molecular weight is 401 g/mol. The molecule has 0 unspecified atom stereocenters. The van der Waals surface area contributed by atoms with E-state index >= 15 is 0 Å². The lowest BCUT2D eigenvalue weighted by atomic mass is 10.1. The molecular weight excluding hydrogens is 378 g/mol. The quantitative estimate of drug-likeness (QED) is 0.550. The van der Waals surface area contributed by atoms with E-state index in [4.69, 9.17) is 9.72 Å². The molecule has 4 aromatic heterocycles. The number of hydrogen-bond donors (Lipinski definition) is 1. The number of fused-ring (bicyclic) bond motifs is 1. The molecule has 0 aromatic carbocycles. The van der Waals surface area contributed by atoms with Crippen molar-refractivity contribution in [2.45, 2.75) is 32.2 Å². The fourth-order valence-corrected chi connectivity index (χ4v) is 3.62. The van der Waals surface area contributed by atoms with Crippen molar-refractivity contribution in [3.8, 4) is 11.3 Å². The van der Waals surface area contributed by atoms with Gasteiger partial charge in [-0.25, -0.2) is 9.97 Å². The third-order valence-corrected chi connectivity index (χ3v) is 5.32. The van der Waals surface area contributed by atoms with Crippen LogP contribution < -0.4 is 5.32 Å². The lowest BCUT2D eigenvalue weighted by molar-refractivity contribution is 0.0903. The Labute approximate surface area is 174 Å². The van der Waals surface area contributed by atoms with Crippen molar-refractivity contribution in [1.82, 2.24) is 29.5 Å². The normalized spacial score (nSPS) is 14.8. The molecule has 1 aliphatic heterocycles. The van der Waals surface area contributed by atoms with E-state index in [0.29, 0.717) is 18.4 Å². The van der Waals surface area contributed by atoms with Gasteiger partial charge in [0.15, 0.2) is 5.65 Å².